The molecule has 6 heteroatoms. The van der Waals surface area contributed by atoms with E-state index in [1.54, 1.807) is 4.90 Å². The second kappa shape index (κ2) is 11.9. The van der Waals surface area contributed by atoms with Gasteiger partial charge in [-0.2, -0.15) is 10.5 Å². The lowest BCUT2D eigenvalue weighted by Gasteiger charge is -2.40. The van der Waals surface area contributed by atoms with E-state index in [-0.39, 0.29) is 11.9 Å². The van der Waals surface area contributed by atoms with Crippen molar-refractivity contribution in [1.82, 2.24) is 14.7 Å². The molecule has 0 atom stereocenters. The zero-order valence-electron chi connectivity index (χ0n) is 17.9. The summed E-state index contributed by atoms with van der Waals surface area (Å²) in [6, 6.07) is 25.5. The molecule has 1 amide bonds. The first kappa shape index (κ1) is 22.5. The van der Waals surface area contributed by atoms with Crippen LogP contribution in [0.1, 0.15) is 30.0 Å². The molecule has 1 fully saturated rings. The van der Waals surface area contributed by atoms with Crippen molar-refractivity contribution in [3.8, 4) is 12.1 Å². The SMILES string of the molecule is N#CCCN(CCC#N)C(=O)CN1CCN(C(c2ccccc2)c2ccccc2)CC1. The van der Waals surface area contributed by atoms with Gasteiger partial charge in [-0.25, -0.2) is 0 Å². The lowest BCUT2D eigenvalue weighted by molar-refractivity contribution is -0.132. The van der Waals surface area contributed by atoms with Crippen molar-refractivity contribution in [2.75, 3.05) is 45.8 Å². The van der Waals surface area contributed by atoms with E-state index < -0.39 is 0 Å². The molecule has 2 aromatic rings. The van der Waals surface area contributed by atoms with E-state index in [2.05, 4.69) is 70.5 Å². The summed E-state index contributed by atoms with van der Waals surface area (Å²) in [5.41, 5.74) is 2.55. The minimum Gasteiger partial charge on any atom is -0.340 e. The normalized spacial score (nSPS) is 14.7. The number of hydrogen-bond acceptors (Lipinski definition) is 5. The van der Waals surface area contributed by atoms with Gasteiger partial charge in [0.15, 0.2) is 0 Å². The van der Waals surface area contributed by atoms with Gasteiger partial charge in [-0.1, -0.05) is 60.7 Å². The molecule has 1 aliphatic rings. The van der Waals surface area contributed by atoms with Crippen molar-refractivity contribution in [1.29, 1.82) is 10.5 Å². The molecule has 0 spiro atoms. The molecule has 0 radical (unpaired) electrons. The topological polar surface area (TPSA) is 74.4 Å². The lowest BCUT2D eigenvalue weighted by Crippen LogP contribution is -2.51. The Morgan fingerprint density at radius 1 is 0.839 bits per heavy atom. The lowest BCUT2D eigenvalue weighted by atomic mass is 9.96. The number of carbonyl (C=O) groups excluding carboxylic acids is 1. The Kier molecular flexibility index (Phi) is 8.60. The van der Waals surface area contributed by atoms with Gasteiger partial charge in [-0.05, 0) is 11.1 Å². The Bertz CT molecular complexity index is 838. The Balaban J connectivity index is 1.62. The third-order valence-electron chi connectivity index (χ3n) is 5.70. The molecule has 0 saturated carbocycles. The summed E-state index contributed by atoms with van der Waals surface area (Å²) < 4.78 is 0. The third-order valence-corrected chi connectivity index (χ3v) is 5.70. The van der Waals surface area contributed by atoms with Gasteiger partial charge in [-0.15, -0.1) is 0 Å². The first-order chi connectivity index (χ1) is 15.2. The number of nitriles is 2. The highest BCUT2D eigenvalue weighted by Gasteiger charge is 2.27. The summed E-state index contributed by atoms with van der Waals surface area (Å²) in [5, 5.41) is 17.7. The number of carbonyl (C=O) groups is 1. The van der Waals surface area contributed by atoms with Gasteiger partial charge < -0.3 is 4.90 Å². The summed E-state index contributed by atoms with van der Waals surface area (Å²) in [4.78, 5) is 19.0. The van der Waals surface area contributed by atoms with Crippen LogP contribution in [-0.2, 0) is 4.79 Å². The predicted octanol–water partition coefficient (Wildman–Crippen LogP) is 3.05. The minimum absolute atomic E-state index is 0.00150. The van der Waals surface area contributed by atoms with Crippen LogP contribution in [-0.4, -0.2) is 66.4 Å². The van der Waals surface area contributed by atoms with Crippen LogP contribution in [0, 0.1) is 22.7 Å². The number of piperazine rings is 1. The van der Waals surface area contributed by atoms with E-state index in [1.165, 1.54) is 11.1 Å². The first-order valence-corrected chi connectivity index (χ1v) is 10.8. The smallest absolute Gasteiger partial charge is 0.236 e. The number of benzene rings is 2. The average molecular weight is 416 g/mol. The van der Waals surface area contributed by atoms with Gasteiger partial charge in [0, 0.05) is 39.3 Å². The van der Waals surface area contributed by atoms with E-state index >= 15 is 0 Å². The molecule has 0 aliphatic carbocycles. The number of hydrogen-bond donors (Lipinski definition) is 0. The van der Waals surface area contributed by atoms with Gasteiger partial charge in [0.1, 0.15) is 0 Å². The quantitative estimate of drug-likeness (QED) is 0.629. The van der Waals surface area contributed by atoms with Crippen LogP contribution >= 0.6 is 0 Å². The fourth-order valence-corrected chi connectivity index (χ4v) is 4.09. The molecule has 6 nitrogen and oxygen atoms in total. The van der Waals surface area contributed by atoms with E-state index in [0.717, 1.165) is 26.2 Å². The molecule has 31 heavy (non-hydrogen) atoms. The van der Waals surface area contributed by atoms with E-state index in [4.69, 9.17) is 10.5 Å². The molecule has 1 aliphatic heterocycles. The average Bonchev–Trinajstić information content (AvgIpc) is 2.82. The van der Waals surface area contributed by atoms with E-state index in [9.17, 15) is 4.79 Å². The molecule has 3 rings (SSSR count). The van der Waals surface area contributed by atoms with Crippen molar-refractivity contribution in [3.63, 3.8) is 0 Å². The monoisotopic (exact) mass is 415 g/mol. The zero-order valence-corrected chi connectivity index (χ0v) is 17.9. The number of nitrogens with zero attached hydrogens (tertiary/aromatic N) is 5. The second-order valence-electron chi connectivity index (χ2n) is 7.73. The summed E-state index contributed by atoms with van der Waals surface area (Å²) in [6.45, 7) is 4.49. The van der Waals surface area contributed by atoms with Crippen molar-refractivity contribution >= 4 is 5.91 Å². The van der Waals surface area contributed by atoms with Gasteiger partial charge in [0.2, 0.25) is 5.91 Å². The minimum atomic E-state index is 0.00150. The highest BCUT2D eigenvalue weighted by atomic mass is 16.2. The van der Waals surface area contributed by atoms with Crippen LogP contribution in [0.4, 0.5) is 0 Å². The van der Waals surface area contributed by atoms with E-state index in [1.807, 2.05) is 12.1 Å². The van der Waals surface area contributed by atoms with Crippen LogP contribution in [0.15, 0.2) is 60.7 Å². The predicted molar refractivity (Wildman–Crippen MR) is 120 cm³/mol. The fourth-order valence-electron chi connectivity index (χ4n) is 4.09. The molecule has 0 aromatic heterocycles. The summed E-state index contributed by atoms with van der Waals surface area (Å²) in [5.74, 6) is 0.00150. The molecule has 1 heterocycles. The van der Waals surface area contributed by atoms with Crippen LogP contribution < -0.4 is 0 Å². The maximum Gasteiger partial charge on any atom is 0.236 e. The van der Waals surface area contributed by atoms with Crippen LogP contribution in [0.2, 0.25) is 0 Å². The Morgan fingerprint density at radius 2 is 1.32 bits per heavy atom. The van der Waals surface area contributed by atoms with Crippen molar-refractivity contribution < 1.29 is 4.79 Å². The van der Waals surface area contributed by atoms with Gasteiger partial charge in [0.05, 0.1) is 37.6 Å². The highest BCUT2D eigenvalue weighted by Crippen LogP contribution is 2.29. The first-order valence-electron chi connectivity index (χ1n) is 10.8. The molecule has 2 aromatic carbocycles. The second-order valence-corrected chi connectivity index (χ2v) is 7.73. The molecular formula is C25H29N5O. The van der Waals surface area contributed by atoms with Crippen molar-refractivity contribution in [3.05, 3.63) is 71.8 Å². The maximum absolute atomic E-state index is 12.7. The van der Waals surface area contributed by atoms with Crippen LogP contribution in [0.3, 0.4) is 0 Å². The van der Waals surface area contributed by atoms with Gasteiger partial charge in [-0.3, -0.25) is 14.6 Å². The fraction of sp³-hybridized carbons (Fsp3) is 0.400. The molecular weight excluding hydrogens is 386 g/mol. The molecule has 1 saturated heterocycles. The Hall–Kier alpha value is -3.19. The molecule has 0 bridgehead atoms. The highest BCUT2D eigenvalue weighted by molar-refractivity contribution is 5.78. The van der Waals surface area contributed by atoms with Crippen LogP contribution in [0.5, 0.6) is 0 Å². The number of amides is 1. The largest absolute Gasteiger partial charge is 0.340 e. The Morgan fingerprint density at radius 3 is 1.77 bits per heavy atom. The molecule has 160 valence electrons. The maximum atomic E-state index is 12.7. The molecule has 0 unspecified atom stereocenters. The standard InChI is InChI=1S/C25H29N5O/c26-13-7-15-29(16-8-14-27)24(31)21-28-17-19-30(20-18-28)25(22-9-3-1-4-10-22)23-11-5-2-6-12-23/h1-6,9-12,25H,7-8,15-21H2. The van der Waals surface area contributed by atoms with Crippen molar-refractivity contribution in [2.45, 2.75) is 18.9 Å². The van der Waals surface area contributed by atoms with Gasteiger partial charge in [0.25, 0.3) is 0 Å². The van der Waals surface area contributed by atoms with E-state index in [0.29, 0.717) is 32.5 Å². The van der Waals surface area contributed by atoms with Gasteiger partial charge >= 0.3 is 0 Å². The Labute approximate surface area is 184 Å². The van der Waals surface area contributed by atoms with Crippen molar-refractivity contribution in [2.24, 2.45) is 0 Å². The summed E-state index contributed by atoms with van der Waals surface area (Å²) in [6.07, 6.45) is 0.585. The number of rotatable bonds is 9. The zero-order chi connectivity index (χ0) is 21.9. The molecule has 0 N–H and O–H groups in total. The van der Waals surface area contributed by atoms with Crippen LogP contribution in [0.25, 0.3) is 0 Å². The third kappa shape index (κ3) is 6.39. The summed E-state index contributed by atoms with van der Waals surface area (Å²) in [7, 11) is 0. The summed E-state index contributed by atoms with van der Waals surface area (Å²) >= 11 is 0.